The Morgan fingerprint density at radius 3 is 2.73 bits per heavy atom. The van der Waals surface area contributed by atoms with Gasteiger partial charge in [0.1, 0.15) is 9.84 Å². The molecule has 6 nitrogen and oxygen atoms in total. The molecule has 0 aromatic carbocycles. The predicted octanol–water partition coefficient (Wildman–Crippen LogP) is -1.16. The van der Waals surface area contributed by atoms with Crippen LogP contribution in [0.4, 0.5) is 0 Å². The fourth-order valence-electron chi connectivity index (χ4n) is 1.36. The number of sulfone groups is 1. The molecule has 86 valence electrons. The van der Waals surface area contributed by atoms with Crippen LogP contribution in [0.15, 0.2) is 12.3 Å². The van der Waals surface area contributed by atoms with Gasteiger partial charge in [0, 0.05) is 32.0 Å². The molecule has 1 aromatic rings. The minimum absolute atomic E-state index is 0.0140. The average molecular weight is 232 g/mol. The Morgan fingerprint density at radius 2 is 2.33 bits per heavy atom. The maximum Gasteiger partial charge on any atom is 0.149 e. The largest absolute Gasteiger partial charge is 0.276 e. The molecule has 15 heavy (non-hydrogen) atoms. The number of hydrogen-bond donors (Lipinski definition) is 2. The Hall–Kier alpha value is -0.920. The van der Waals surface area contributed by atoms with E-state index in [0.717, 1.165) is 5.69 Å². The van der Waals surface area contributed by atoms with Gasteiger partial charge in [-0.3, -0.25) is 16.0 Å². The standard InChI is InChI=1S/C8H16N4O2S/c1-12-4-3-7(11-12)5-8(10-9)6-15(2,13)14/h3-4,8,10H,5-6,9H2,1-2H3. The molecule has 1 heterocycles. The average Bonchev–Trinajstić information content (AvgIpc) is 2.47. The molecule has 0 saturated heterocycles. The van der Waals surface area contributed by atoms with E-state index in [4.69, 9.17) is 5.84 Å². The van der Waals surface area contributed by atoms with E-state index in [2.05, 4.69) is 10.5 Å². The van der Waals surface area contributed by atoms with Crippen LogP contribution in [0.3, 0.4) is 0 Å². The van der Waals surface area contributed by atoms with Crippen molar-refractivity contribution in [3.05, 3.63) is 18.0 Å². The zero-order valence-corrected chi connectivity index (χ0v) is 9.66. The number of nitrogens with zero attached hydrogens (tertiary/aromatic N) is 2. The maximum absolute atomic E-state index is 11.1. The zero-order valence-electron chi connectivity index (χ0n) is 8.84. The molecule has 3 N–H and O–H groups in total. The minimum atomic E-state index is -3.03. The SMILES string of the molecule is Cn1ccc(CC(CS(C)(=O)=O)NN)n1. The summed E-state index contributed by atoms with van der Waals surface area (Å²) in [5.74, 6) is 5.30. The highest BCUT2D eigenvalue weighted by Gasteiger charge is 2.15. The highest BCUT2D eigenvalue weighted by Crippen LogP contribution is 2.01. The van der Waals surface area contributed by atoms with E-state index in [1.165, 1.54) is 6.26 Å². The first-order chi connectivity index (χ1) is 6.90. The van der Waals surface area contributed by atoms with Gasteiger partial charge in [0.05, 0.1) is 11.4 Å². The number of rotatable bonds is 5. The summed E-state index contributed by atoms with van der Waals surface area (Å²) in [4.78, 5) is 0. The molecule has 7 heteroatoms. The summed E-state index contributed by atoms with van der Waals surface area (Å²) in [6.07, 6.45) is 3.50. The van der Waals surface area contributed by atoms with Crippen LogP contribution in [-0.4, -0.2) is 36.2 Å². The van der Waals surface area contributed by atoms with Crippen molar-refractivity contribution in [2.75, 3.05) is 12.0 Å². The van der Waals surface area contributed by atoms with Crippen LogP contribution in [0.25, 0.3) is 0 Å². The minimum Gasteiger partial charge on any atom is -0.276 e. The monoisotopic (exact) mass is 232 g/mol. The molecule has 0 fully saturated rings. The Balaban J connectivity index is 2.62. The molecular weight excluding hydrogens is 216 g/mol. The van der Waals surface area contributed by atoms with Crippen LogP contribution < -0.4 is 11.3 Å². The second-order valence-electron chi connectivity index (χ2n) is 3.64. The van der Waals surface area contributed by atoms with Crippen LogP contribution in [0, 0.1) is 0 Å². The second kappa shape index (κ2) is 4.73. The summed E-state index contributed by atoms with van der Waals surface area (Å²) in [5, 5.41) is 4.15. The van der Waals surface area contributed by atoms with E-state index in [0.29, 0.717) is 6.42 Å². The molecule has 0 bridgehead atoms. The summed E-state index contributed by atoms with van der Waals surface area (Å²) in [7, 11) is -1.22. The van der Waals surface area contributed by atoms with Crippen molar-refractivity contribution in [3.8, 4) is 0 Å². The van der Waals surface area contributed by atoms with Gasteiger partial charge in [-0.05, 0) is 6.07 Å². The molecule has 0 radical (unpaired) electrons. The third-order valence-electron chi connectivity index (χ3n) is 1.96. The number of hydrogen-bond acceptors (Lipinski definition) is 5. The summed E-state index contributed by atoms with van der Waals surface area (Å²) in [5.41, 5.74) is 3.31. The summed E-state index contributed by atoms with van der Waals surface area (Å²) in [6, 6.07) is 1.54. The van der Waals surface area contributed by atoms with Gasteiger partial charge in [0.15, 0.2) is 0 Å². The van der Waals surface area contributed by atoms with E-state index in [-0.39, 0.29) is 11.8 Å². The molecule has 1 unspecified atom stereocenters. The predicted molar refractivity (Wildman–Crippen MR) is 57.7 cm³/mol. The number of aromatic nitrogens is 2. The molecule has 0 aliphatic rings. The molecule has 0 amide bonds. The highest BCUT2D eigenvalue weighted by molar-refractivity contribution is 7.90. The van der Waals surface area contributed by atoms with E-state index in [9.17, 15) is 8.42 Å². The van der Waals surface area contributed by atoms with E-state index in [1.807, 2.05) is 19.3 Å². The lowest BCUT2D eigenvalue weighted by molar-refractivity contribution is 0.539. The van der Waals surface area contributed by atoms with Crippen molar-refractivity contribution < 1.29 is 8.42 Å². The number of aryl methyl sites for hydroxylation is 1. The van der Waals surface area contributed by atoms with Crippen LogP contribution in [0.2, 0.25) is 0 Å². The molecule has 1 aromatic heterocycles. The third-order valence-corrected chi connectivity index (χ3v) is 2.97. The van der Waals surface area contributed by atoms with Crippen molar-refractivity contribution in [3.63, 3.8) is 0 Å². The summed E-state index contributed by atoms with van der Waals surface area (Å²) < 4.78 is 23.8. The van der Waals surface area contributed by atoms with Crippen LogP contribution in [0.1, 0.15) is 5.69 Å². The molecule has 0 spiro atoms. The highest BCUT2D eigenvalue weighted by atomic mass is 32.2. The lowest BCUT2D eigenvalue weighted by Crippen LogP contribution is -2.41. The van der Waals surface area contributed by atoms with Gasteiger partial charge >= 0.3 is 0 Å². The fourth-order valence-corrected chi connectivity index (χ4v) is 2.30. The van der Waals surface area contributed by atoms with Gasteiger partial charge in [0.2, 0.25) is 0 Å². The number of hydrazine groups is 1. The molecule has 1 atom stereocenters. The van der Waals surface area contributed by atoms with Gasteiger partial charge in [-0.2, -0.15) is 5.10 Å². The Labute approximate surface area is 89.3 Å². The van der Waals surface area contributed by atoms with Crippen molar-refractivity contribution in [1.82, 2.24) is 15.2 Å². The van der Waals surface area contributed by atoms with Gasteiger partial charge in [-0.25, -0.2) is 8.42 Å². The van der Waals surface area contributed by atoms with Crippen molar-refractivity contribution >= 4 is 9.84 Å². The molecule has 0 aliphatic heterocycles. The van der Waals surface area contributed by atoms with Crippen molar-refractivity contribution in [2.45, 2.75) is 12.5 Å². The van der Waals surface area contributed by atoms with Crippen LogP contribution >= 0.6 is 0 Å². The normalized spacial score (nSPS) is 14.1. The Bertz CT molecular complexity index is 412. The number of nitrogens with two attached hydrogens (primary N) is 1. The van der Waals surface area contributed by atoms with Crippen molar-refractivity contribution in [1.29, 1.82) is 0 Å². The van der Waals surface area contributed by atoms with E-state index < -0.39 is 9.84 Å². The maximum atomic E-state index is 11.1. The smallest absolute Gasteiger partial charge is 0.149 e. The first kappa shape index (κ1) is 12.2. The molecule has 0 saturated carbocycles. The molecule has 1 rings (SSSR count). The van der Waals surface area contributed by atoms with E-state index >= 15 is 0 Å². The topological polar surface area (TPSA) is 90.0 Å². The zero-order chi connectivity index (χ0) is 11.5. The van der Waals surface area contributed by atoms with Crippen LogP contribution in [0.5, 0.6) is 0 Å². The quantitative estimate of drug-likeness (QED) is 0.493. The number of nitrogens with one attached hydrogen (secondary N) is 1. The van der Waals surface area contributed by atoms with Gasteiger partial charge < -0.3 is 0 Å². The molecular formula is C8H16N4O2S. The first-order valence-electron chi connectivity index (χ1n) is 4.53. The summed E-state index contributed by atoms with van der Waals surface area (Å²) in [6.45, 7) is 0. The molecule has 0 aliphatic carbocycles. The Kier molecular flexibility index (Phi) is 3.83. The van der Waals surface area contributed by atoms with Crippen molar-refractivity contribution in [2.24, 2.45) is 12.9 Å². The first-order valence-corrected chi connectivity index (χ1v) is 6.59. The third kappa shape index (κ3) is 4.41. The van der Waals surface area contributed by atoms with Gasteiger partial charge in [0.25, 0.3) is 0 Å². The van der Waals surface area contributed by atoms with Gasteiger partial charge in [-0.1, -0.05) is 0 Å². The fraction of sp³-hybridized carbons (Fsp3) is 0.625. The van der Waals surface area contributed by atoms with Crippen LogP contribution in [-0.2, 0) is 23.3 Å². The lowest BCUT2D eigenvalue weighted by atomic mass is 10.2. The van der Waals surface area contributed by atoms with E-state index in [1.54, 1.807) is 4.68 Å². The summed E-state index contributed by atoms with van der Waals surface area (Å²) >= 11 is 0. The Morgan fingerprint density at radius 1 is 1.67 bits per heavy atom. The second-order valence-corrected chi connectivity index (χ2v) is 5.83. The van der Waals surface area contributed by atoms with Gasteiger partial charge in [-0.15, -0.1) is 0 Å². The lowest BCUT2D eigenvalue weighted by Gasteiger charge is -2.12.